The van der Waals surface area contributed by atoms with Gasteiger partial charge < -0.3 is 8.74 Å². The van der Waals surface area contributed by atoms with E-state index in [-0.39, 0.29) is 57.1 Å². The molecule has 0 aliphatic rings. The predicted octanol–water partition coefficient (Wildman–Crippen LogP) is -1.83. The van der Waals surface area contributed by atoms with Crippen LogP contribution in [0.2, 0.25) is 0 Å². The van der Waals surface area contributed by atoms with Crippen LogP contribution in [-0.2, 0) is 10.4 Å². The zero-order valence-electron chi connectivity index (χ0n) is 7.64. The molecule has 0 aliphatic heterocycles. The van der Waals surface area contributed by atoms with Gasteiger partial charge in [-0.25, -0.2) is 8.42 Å². The van der Waals surface area contributed by atoms with Crippen LogP contribution in [-0.4, -0.2) is 13.0 Å². The quantitative estimate of drug-likeness (QED) is 0.353. The van der Waals surface area contributed by atoms with E-state index >= 15 is 0 Å². The fourth-order valence-corrected chi connectivity index (χ4v) is 1.12. The minimum Gasteiger partial charge on any atom is -0.716 e. The van der Waals surface area contributed by atoms with E-state index < -0.39 is 10.4 Å². The molecule has 70 valence electrons. The summed E-state index contributed by atoms with van der Waals surface area (Å²) in [6.45, 7) is 3.51. The van der Waals surface area contributed by atoms with E-state index in [1.807, 2.05) is 0 Å². The zero-order chi connectivity index (χ0) is 9.90. The molecule has 0 atom stereocenters. The minimum atomic E-state index is -4.67. The van der Waals surface area contributed by atoms with Crippen molar-refractivity contribution in [2.24, 2.45) is 0 Å². The Balaban J connectivity index is 0.00000169. The third-order valence-corrected chi connectivity index (χ3v) is 1.71. The molecule has 4 nitrogen and oxygen atoms in total. The Morgan fingerprint density at radius 3 is 2.14 bits per heavy atom. The molecule has 0 saturated heterocycles. The maximum atomic E-state index is 10.2. The molecule has 0 unspecified atom stereocenters. The average molecular weight is 238 g/mol. The van der Waals surface area contributed by atoms with E-state index in [1.165, 1.54) is 12.1 Å². The van der Waals surface area contributed by atoms with Crippen molar-refractivity contribution in [3.05, 3.63) is 36.4 Å². The first kappa shape index (κ1) is 14.3. The van der Waals surface area contributed by atoms with E-state index in [1.54, 1.807) is 18.2 Å². The molecule has 1 aromatic carbocycles. The maximum Gasteiger partial charge on any atom is 1.00 e. The molecular formula is C8H7KO4S. The van der Waals surface area contributed by atoms with Gasteiger partial charge in [-0.3, -0.25) is 0 Å². The van der Waals surface area contributed by atoms with E-state index in [2.05, 4.69) is 10.8 Å². The second-order valence-corrected chi connectivity index (χ2v) is 3.25. The molecule has 1 rings (SSSR count). The van der Waals surface area contributed by atoms with Gasteiger partial charge in [0.2, 0.25) is 0 Å². The van der Waals surface area contributed by atoms with E-state index in [0.29, 0.717) is 0 Å². The Morgan fingerprint density at radius 2 is 1.79 bits per heavy atom. The summed E-state index contributed by atoms with van der Waals surface area (Å²) in [5.74, 6) is 0.000556. The topological polar surface area (TPSA) is 66.4 Å². The predicted molar refractivity (Wildman–Crippen MR) is 46.9 cm³/mol. The van der Waals surface area contributed by atoms with Gasteiger partial charge in [0, 0.05) is 0 Å². The molecule has 0 aromatic heterocycles. The Labute approximate surface area is 125 Å². The summed E-state index contributed by atoms with van der Waals surface area (Å²) < 4.78 is 34.6. The van der Waals surface area contributed by atoms with Crippen molar-refractivity contribution in [1.29, 1.82) is 0 Å². The Morgan fingerprint density at radius 1 is 1.29 bits per heavy atom. The average Bonchev–Trinajstić information content (AvgIpc) is 2.03. The summed E-state index contributed by atoms with van der Waals surface area (Å²) in [5.41, 5.74) is 0.815. The van der Waals surface area contributed by atoms with Crippen LogP contribution in [0.25, 0.3) is 6.08 Å². The van der Waals surface area contributed by atoms with Crippen LogP contribution in [0.4, 0.5) is 0 Å². The summed E-state index contributed by atoms with van der Waals surface area (Å²) in [5, 5.41) is 0. The summed E-state index contributed by atoms with van der Waals surface area (Å²) in [4.78, 5) is 0. The molecule has 0 radical (unpaired) electrons. The molecule has 6 heteroatoms. The summed E-state index contributed by atoms with van der Waals surface area (Å²) in [6.07, 6.45) is 1.59. The van der Waals surface area contributed by atoms with Crippen LogP contribution in [0.1, 0.15) is 5.56 Å². The molecule has 0 spiro atoms. The van der Waals surface area contributed by atoms with Gasteiger partial charge in [-0.1, -0.05) is 24.8 Å². The Kier molecular flexibility index (Phi) is 6.14. The Bertz CT molecular complexity index is 396. The van der Waals surface area contributed by atoms with Crippen LogP contribution < -0.4 is 55.6 Å². The molecule has 0 aliphatic carbocycles. The van der Waals surface area contributed by atoms with Crippen LogP contribution >= 0.6 is 0 Å². The van der Waals surface area contributed by atoms with Crippen molar-refractivity contribution in [2.45, 2.75) is 0 Å². The molecule has 0 N–H and O–H groups in total. The van der Waals surface area contributed by atoms with Gasteiger partial charge in [-0.05, 0) is 17.7 Å². The van der Waals surface area contributed by atoms with E-state index in [9.17, 15) is 13.0 Å². The first-order chi connectivity index (χ1) is 6.01. The molecule has 1 aromatic rings. The molecule has 0 amide bonds. The van der Waals surface area contributed by atoms with Crippen molar-refractivity contribution in [1.82, 2.24) is 0 Å². The van der Waals surface area contributed by atoms with Crippen molar-refractivity contribution in [3.63, 3.8) is 0 Å². The van der Waals surface area contributed by atoms with Crippen LogP contribution in [0.3, 0.4) is 0 Å². The molecule has 0 heterocycles. The van der Waals surface area contributed by atoms with Gasteiger partial charge >= 0.3 is 51.4 Å². The first-order valence-corrected chi connectivity index (χ1v) is 4.72. The largest absolute Gasteiger partial charge is 1.00 e. The van der Waals surface area contributed by atoms with Crippen molar-refractivity contribution < 1.29 is 68.5 Å². The molecule has 14 heavy (non-hydrogen) atoms. The minimum absolute atomic E-state index is 0. The van der Waals surface area contributed by atoms with Crippen LogP contribution in [0.5, 0.6) is 5.75 Å². The molecule has 0 fully saturated rings. The second-order valence-electron chi connectivity index (χ2n) is 2.26. The van der Waals surface area contributed by atoms with Gasteiger partial charge in [0.15, 0.2) is 0 Å². The smallest absolute Gasteiger partial charge is 0.716 e. The number of benzene rings is 1. The SMILES string of the molecule is C=Cc1ccc(OS(=O)(=O)[O-])cc1.[K+]. The van der Waals surface area contributed by atoms with Crippen LogP contribution in [0.15, 0.2) is 30.8 Å². The third kappa shape index (κ3) is 5.25. The normalized spacial score (nSPS) is 10.1. The van der Waals surface area contributed by atoms with Gasteiger partial charge in [0.1, 0.15) is 5.75 Å². The van der Waals surface area contributed by atoms with Crippen LogP contribution in [0, 0.1) is 0 Å². The third-order valence-electron chi connectivity index (χ3n) is 1.31. The standard InChI is InChI=1S/C8H8O4S.K/c1-2-7-3-5-8(6-4-7)12-13(9,10)11;/h2-6H,1H2,(H,9,10,11);/q;+1/p-1. The van der Waals surface area contributed by atoms with E-state index in [4.69, 9.17) is 0 Å². The Hall–Kier alpha value is 0.306. The zero-order valence-corrected chi connectivity index (χ0v) is 11.6. The van der Waals surface area contributed by atoms with Gasteiger partial charge in [-0.15, -0.1) is 0 Å². The van der Waals surface area contributed by atoms with E-state index in [0.717, 1.165) is 5.56 Å². The fourth-order valence-electron chi connectivity index (χ4n) is 0.777. The number of hydrogen-bond acceptors (Lipinski definition) is 4. The van der Waals surface area contributed by atoms with Gasteiger partial charge in [0.05, 0.1) is 0 Å². The summed E-state index contributed by atoms with van der Waals surface area (Å²) >= 11 is 0. The summed E-state index contributed by atoms with van der Waals surface area (Å²) in [7, 11) is -4.67. The van der Waals surface area contributed by atoms with Crippen molar-refractivity contribution in [2.75, 3.05) is 0 Å². The first-order valence-electron chi connectivity index (χ1n) is 3.39. The monoisotopic (exact) mass is 238 g/mol. The number of rotatable bonds is 3. The maximum absolute atomic E-state index is 10.2. The van der Waals surface area contributed by atoms with Crippen molar-refractivity contribution in [3.8, 4) is 5.75 Å². The van der Waals surface area contributed by atoms with Gasteiger partial charge in [0.25, 0.3) is 10.4 Å². The fraction of sp³-hybridized carbons (Fsp3) is 0. The number of hydrogen-bond donors (Lipinski definition) is 0. The summed E-state index contributed by atoms with van der Waals surface area (Å²) in [6, 6.07) is 5.94. The molecule has 0 saturated carbocycles. The van der Waals surface area contributed by atoms with Gasteiger partial charge in [-0.2, -0.15) is 0 Å². The molecule has 0 bridgehead atoms. The van der Waals surface area contributed by atoms with Crippen molar-refractivity contribution >= 4 is 16.5 Å². The second kappa shape index (κ2) is 6.01. The molecular weight excluding hydrogens is 231 g/mol.